The first-order valence-electron chi connectivity index (χ1n) is 8.36. The Balaban J connectivity index is 1.58. The van der Waals surface area contributed by atoms with E-state index in [1.54, 1.807) is 0 Å². The second kappa shape index (κ2) is 7.08. The van der Waals surface area contributed by atoms with Gasteiger partial charge in [0.25, 0.3) is 0 Å². The lowest BCUT2D eigenvalue weighted by atomic mass is 9.90. The third-order valence-corrected chi connectivity index (χ3v) is 4.81. The third kappa shape index (κ3) is 3.51. The minimum absolute atomic E-state index is 0.281. The van der Waals surface area contributed by atoms with Crippen molar-refractivity contribution >= 4 is 0 Å². The van der Waals surface area contributed by atoms with Crippen LogP contribution in [0.1, 0.15) is 42.9 Å². The number of aromatic nitrogens is 2. The summed E-state index contributed by atoms with van der Waals surface area (Å²) in [7, 11) is 4.13. The van der Waals surface area contributed by atoms with Crippen molar-refractivity contribution < 1.29 is 9.47 Å². The van der Waals surface area contributed by atoms with Gasteiger partial charge in [-0.05, 0) is 26.9 Å². The van der Waals surface area contributed by atoms with Gasteiger partial charge in [0, 0.05) is 50.2 Å². The van der Waals surface area contributed by atoms with E-state index in [1.807, 2.05) is 13.2 Å². The molecule has 124 valence electrons. The Morgan fingerprint density at radius 1 is 1.45 bits per heavy atom. The van der Waals surface area contributed by atoms with Crippen LogP contribution in [0.3, 0.4) is 0 Å². The molecule has 0 saturated carbocycles. The van der Waals surface area contributed by atoms with Gasteiger partial charge in [-0.2, -0.15) is 5.10 Å². The molecular formula is C16H28N4O2. The summed E-state index contributed by atoms with van der Waals surface area (Å²) in [5.74, 6) is 0.102. The molecule has 0 aliphatic carbocycles. The molecule has 22 heavy (non-hydrogen) atoms. The zero-order valence-electron chi connectivity index (χ0n) is 13.7. The molecule has 6 heteroatoms. The highest BCUT2D eigenvalue weighted by Gasteiger charge is 2.41. The number of ether oxygens (including phenoxy) is 2. The molecule has 2 N–H and O–H groups in total. The van der Waals surface area contributed by atoms with Gasteiger partial charge in [0.1, 0.15) is 0 Å². The summed E-state index contributed by atoms with van der Waals surface area (Å²) in [6, 6.07) is 0. The fraction of sp³-hybridized carbons (Fsp3) is 0.812. The number of nitrogens with one attached hydrogen (secondary N) is 2. The van der Waals surface area contributed by atoms with Crippen LogP contribution in [0.2, 0.25) is 0 Å². The van der Waals surface area contributed by atoms with E-state index in [2.05, 4.69) is 27.5 Å². The smallest absolute Gasteiger partial charge is 0.168 e. The first-order valence-corrected chi connectivity index (χ1v) is 8.36. The molecule has 1 aromatic heterocycles. The fourth-order valence-electron chi connectivity index (χ4n) is 3.48. The fourth-order valence-corrected chi connectivity index (χ4v) is 3.48. The maximum Gasteiger partial charge on any atom is 0.168 e. The predicted octanol–water partition coefficient (Wildman–Crippen LogP) is 1.46. The minimum Gasteiger partial charge on any atom is -0.350 e. The van der Waals surface area contributed by atoms with Crippen molar-refractivity contribution in [3.63, 3.8) is 0 Å². The van der Waals surface area contributed by atoms with Gasteiger partial charge in [0.15, 0.2) is 5.79 Å². The molecule has 6 nitrogen and oxygen atoms in total. The van der Waals surface area contributed by atoms with Gasteiger partial charge in [0.2, 0.25) is 0 Å². The summed E-state index contributed by atoms with van der Waals surface area (Å²) in [6.45, 7) is 4.51. The Morgan fingerprint density at radius 2 is 2.36 bits per heavy atom. The Kier molecular flexibility index (Phi) is 5.13. The average Bonchev–Trinajstić information content (AvgIpc) is 3.16. The van der Waals surface area contributed by atoms with Crippen LogP contribution in [-0.4, -0.2) is 61.3 Å². The van der Waals surface area contributed by atoms with Crippen LogP contribution in [0.5, 0.6) is 0 Å². The van der Waals surface area contributed by atoms with E-state index in [0.717, 1.165) is 58.5 Å². The van der Waals surface area contributed by atoms with Crippen LogP contribution < -0.4 is 5.32 Å². The second-order valence-corrected chi connectivity index (χ2v) is 6.55. The lowest BCUT2D eigenvalue weighted by molar-refractivity contribution is -0.234. The largest absolute Gasteiger partial charge is 0.350 e. The Labute approximate surface area is 132 Å². The average molecular weight is 308 g/mol. The number of rotatable bonds is 6. The van der Waals surface area contributed by atoms with Crippen LogP contribution in [-0.2, 0) is 16.0 Å². The Bertz CT molecular complexity index is 460. The monoisotopic (exact) mass is 308 g/mol. The molecule has 0 aromatic carbocycles. The van der Waals surface area contributed by atoms with Crippen LogP contribution >= 0.6 is 0 Å². The molecule has 2 aliphatic rings. The standard InChI is InChI=1S/C16H28N4O2/c1-17-7-8-20(2)11-14-10-18-19-15(14)13-4-6-16(22-12-13)5-3-9-21-16/h10,13,17H,3-9,11-12H2,1-2H3,(H,18,19). The summed E-state index contributed by atoms with van der Waals surface area (Å²) < 4.78 is 11.9. The molecule has 2 aliphatic heterocycles. The number of H-pyrrole nitrogens is 1. The van der Waals surface area contributed by atoms with Gasteiger partial charge in [-0.15, -0.1) is 0 Å². The summed E-state index contributed by atoms with van der Waals surface area (Å²) in [5, 5.41) is 10.7. The molecule has 0 radical (unpaired) electrons. The number of aromatic amines is 1. The summed E-state index contributed by atoms with van der Waals surface area (Å²) in [4.78, 5) is 2.32. The van der Waals surface area contributed by atoms with Crippen molar-refractivity contribution in [2.45, 2.75) is 43.9 Å². The molecule has 2 unspecified atom stereocenters. The van der Waals surface area contributed by atoms with Gasteiger partial charge in [-0.1, -0.05) is 0 Å². The van der Waals surface area contributed by atoms with Crippen molar-refractivity contribution in [3.8, 4) is 0 Å². The van der Waals surface area contributed by atoms with Crippen molar-refractivity contribution in [2.24, 2.45) is 0 Å². The third-order valence-electron chi connectivity index (χ3n) is 4.81. The van der Waals surface area contributed by atoms with E-state index in [4.69, 9.17) is 9.47 Å². The highest BCUT2D eigenvalue weighted by molar-refractivity contribution is 5.21. The van der Waals surface area contributed by atoms with Crippen molar-refractivity contribution in [2.75, 3.05) is 40.4 Å². The van der Waals surface area contributed by atoms with E-state index in [1.165, 1.54) is 11.3 Å². The van der Waals surface area contributed by atoms with E-state index >= 15 is 0 Å². The maximum atomic E-state index is 6.09. The van der Waals surface area contributed by atoms with Crippen molar-refractivity contribution in [1.29, 1.82) is 0 Å². The first-order chi connectivity index (χ1) is 10.7. The Morgan fingerprint density at radius 3 is 3.05 bits per heavy atom. The molecule has 1 aromatic rings. The van der Waals surface area contributed by atoms with Crippen molar-refractivity contribution in [3.05, 3.63) is 17.5 Å². The van der Waals surface area contributed by atoms with Gasteiger partial charge in [-0.3, -0.25) is 5.10 Å². The predicted molar refractivity (Wildman–Crippen MR) is 84.7 cm³/mol. The zero-order valence-corrected chi connectivity index (χ0v) is 13.7. The van der Waals surface area contributed by atoms with E-state index in [0.29, 0.717) is 5.92 Å². The van der Waals surface area contributed by atoms with E-state index < -0.39 is 0 Å². The highest BCUT2D eigenvalue weighted by Crippen LogP contribution is 2.40. The number of hydrogen-bond acceptors (Lipinski definition) is 5. The van der Waals surface area contributed by atoms with E-state index in [-0.39, 0.29) is 5.79 Å². The molecule has 3 rings (SSSR count). The molecule has 2 atom stereocenters. The van der Waals surface area contributed by atoms with Crippen molar-refractivity contribution in [1.82, 2.24) is 20.4 Å². The number of likely N-dealkylation sites (N-methyl/N-ethyl adjacent to an activating group) is 2. The van der Waals surface area contributed by atoms with Gasteiger partial charge in [0.05, 0.1) is 18.9 Å². The summed E-state index contributed by atoms with van der Waals surface area (Å²) >= 11 is 0. The zero-order chi connectivity index (χ0) is 15.4. The molecule has 1 spiro atoms. The topological polar surface area (TPSA) is 62.4 Å². The Hall–Kier alpha value is -0.950. The number of hydrogen-bond donors (Lipinski definition) is 2. The molecule has 2 saturated heterocycles. The van der Waals surface area contributed by atoms with Gasteiger partial charge < -0.3 is 19.7 Å². The molecule has 3 heterocycles. The molecule has 2 fully saturated rings. The summed E-state index contributed by atoms with van der Waals surface area (Å²) in [6.07, 6.45) is 6.27. The normalized spacial score (nSPS) is 28.8. The van der Waals surface area contributed by atoms with Crippen LogP contribution in [0, 0.1) is 0 Å². The number of nitrogens with zero attached hydrogens (tertiary/aromatic N) is 2. The minimum atomic E-state index is -0.281. The summed E-state index contributed by atoms with van der Waals surface area (Å²) in [5.41, 5.74) is 2.46. The lowest BCUT2D eigenvalue weighted by Crippen LogP contribution is -2.38. The highest BCUT2D eigenvalue weighted by atomic mass is 16.7. The first kappa shape index (κ1) is 15.9. The molecule has 0 bridgehead atoms. The quantitative estimate of drug-likeness (QED) is 0.833. The van der Waals surface area contributed by atoms with E-state index in [9.17, 15) is 0 Å². The lowest BCUT2D eigenvalue weighted by Gasteiger charge is -2.36. The maximum absolute atomic E-state index is 6.09. The van der Waals surface area contributed by atoms with Gasteiger partial charge in [-0.25, -0.2) is 0 Å². The molecule has 0 amide bonds. The SMILES string of the molecule is CNCCN(C)Cc1c[nH]nc1C1CCC2(CCCO2)OC1. The van der Waals surface area contributed by atoms with Crippen LogP contribution in [0.15, 0.2) is 6.20 Å². The van der Waals surface area contributed by atoms with Crippen LogP contribution in [0.4, 0.5) is 0 Å². The molecular weight excluding hydrogens is 280 g/mol. The van der Waals surface area contributed by atoms with Crippen LogP contribution in [0.25, 0.3) is 0 Å². The van der Waals surface area contributed by atoms with Gasteiger partial charge >= 0.3 is 0 Å². The second-order valence-electron chi connectivity index (χ2n) is 6.55.